The quantitative estimate of drug-likeness (QED) is 0.239. The van der Waals surface area contributed by atoms with E-state index in [2.05, 4.69) is 6.92 Å². The SMILES string of the molecule is CCCCCCCCCCCCCOC(=O)Cc1cc(O)c(O)c(O)c1. The van der Waals surface area contributed by atoms with Gasteiger partial charge >= 0.3 is 5.97 Å². The molecule has 0 fully saturated rings. The van der Waals surface area contributed by atoms with E-state index < -0.39 is 23.2 Å². The van der Waals surface area contributed by atoms with Crippen LogP contribution in [-0.2, 0) is 16.0 Å². The second-order valence-electron chi connectivity index (χ2n) is 6.92. The van der Waals surface area contributed by atoms with E-state index in [1.165, 1.54) is 69.9 Å². The van der Waals surface area contributed by atoms with Crippen LogP contribution in [0.25, 0.3) is 0 Å². The number of unbranched alkanes of at least 4 members (excludes halogenated alkanes) is 10. The Balaban J connectivity index is 2.00. The number of hydrogen-bond acceptors (Lipinski definition) is 5. The van der Waals surface area contributed by atoms with Gasteiger partial charge in [0.05, 0.1) is 13.0 Å². The lowest BCUT2D eigenvalue weighted by atomic mass is 10.1. The van der Waals surface area contributed by atoms with Gasteiger partial charge in [0.2, 0.25) is 0 Å². The third-order valence-corrected chi connectivity index (χ3v) is 4.49. The molecule has 0 radical (unpaired) electrons. The molecule has 0 unspecified atom stereocenters. The van der Waals surface area contributed by atoms with Gasteiger partial charge in [-0.1, -0.05) is 71.1 Å². The Bertz CT molecular complexity index is 504. The van der Waals surface area contributed by atoms with Crippen molar-refractivity contribution in [3.05, 3.63) is 17.7 Å². The topological polar surface area (TPSA) is 87.0 Å². The first-order valence-electron chi connectivity index (χ1n) is 9.94. The highest BCUT2D eigenvalue weighted by Gasteiger charge is 2.11. The number of phenolic OH excluding ortho intramolecular Hbond substituents is 3. The number of aromatic hydroxyl groups is 3. The Morgan fingerprint density at radius 3 is 1.77 bits per heavy atom. The second kappa shape index (κ2) is 13.3. The summed E-state index contributed by atoms with van der Waals surface area (Å²) >= 11 is 0. The highest BCUT2D eigenvalue weighted by atomic mass is 16.5. The average Bonchev–Trinajstić information content (AvgIpc) is 2.60. The first kappa shape index (κ1) is 22.1. The van der Waals surface area contributed by atoms with Crippen LogP contribution in [0.15, 0.2) is 12.1 Å². The zero-order chi connectivity index (χ0) is 19.2. The van der Waals surface area contributed by atoms with Crippen LogP contribution >= 0.6 is 0 Å². The molecule has 0 saturated heterocycles. The Labute approximate surface area is 157 Å². The van der Waals surface area contributed by atoms with E-state index >= 15 is 0 Å². The van der Waals surface area contributed by atoms with Crippen LogP contribution < -0.4 is 0 Å². The van der Waals surface area contributed by atoms with E-state index in [9.17, 15) is 20.1 Å². The molecule has 3 N–H and O–H groups in total. The number of carbonyl (C=O) groups is 1. The molecule has 5 heteroatoms. The fourth-order valence-corrected chi connectivity index (χ4v) is 2.93. The van der Waals surface area contributed by atoms with Crippen molar-refractivity contribution in [2.24, 2.45) is 0 Å². The zero-order valence-corrected chi connectivity index (χ0v) is 16.0. The minimum absolute atomic E-state index is 0.0422. The smallest absolute Gasteiger partial charge is 0.310 e. The average molecular weight is 366 g/mol. The van der Waals surface area contributed by atoms with Crippen LogP contribution in [0, 0.1) is 0 Å². The maximum atomic E-state index is 11.8. The Kier molecular flexibility index (Phi) is 11.3. The molecule has 0 aliphatic rings. The molecule has 0 spiro atoms. The van der Waals surface area contributed by atoms with Gasteiger partial charge in [-0.3, -0.25) is 4.79 Å². The molecule has 5 nitrogen and oxygen atoms in total. The zero-order valence-electron chi connectivity index (χ0n) is 16.0. The summed E-state index contributed by atoms with van der Waals surface area (Å²) in [4.78, 5) is 11.8. The number of benzene rings is 1. The molecular formula is C21H34O5. The third-order valence-electron chi connectivity index (χ3n) is 4.49. The number of rotatable bonds is 14. The summed E-state index contributed by atoms with van der Waals surface area (Å²) < 4.78 is 5.17. The molecule has 0 saturated carbocycles. The van der Waals surface area contributed by atoms with E-state index in [1.54, 1.807) is 0 Å². The summed E-state index contributed by atoms with van der Waals surface area (Å²) in [7, 11) is 0. The maximum absolute atomic E-state index is 11.8. The lowest BCUT2D eigenvalue weighted by Gasteiger charge is -2.07. The summed E-state index contributed by atoms with van der Waals surface area (Å²) in [6, 6.07) is 2.50. The molecular weight excluding hydrogens is 332 g/mol. The van der Waals surface area contributed by atoms with Crippen molar-refractivity contribution in [1.82, 2.24) is 0 Å². The van der Waals surface area contributed by atoms with E-state index in [0.717, 1.165) is 12.8 Å². The standard InChI is InChI=1S/C21H34O5/c1-2-3-4-5-6-7-8-9-10-11-12-13-26-20(24)16-17-14-18(22)21(25)19(23)15-17/h14-15,22-23,25H,2-13,16H2,1H3. The van der Waals surface area contributed by atoms with Gasteiger partial charge in [-0.25, -0.2) is 0 Å². The monoisotopic (exact) mass is 366 g/mol. The summed E-state index contributed by atoms with van der Waals surface area (Å²) in [5.41, 5.74) is 0.404. The number of hydrogen-bond donors (Lipinski definition) is 3. The maximum Gasteiger partial charge on any atom is 0.310 e. The van der Waals surface area contributed by atoms with Crippen molar-refractivity contribution in [1.29, 1.82) is 0 Å². The van der Waals surface area contributed by atoms with Gasteiger partial charge in [-0.15, -0.1) is 0 Å². The summed E-state index contributed by atoms with van der Waals surface area (Å²) in [6.45, 7) is 2.63. The van der Waals surface area contributed by atoms with E-state index in [0.29, 0.717) is 12.2 Å². The summed E-state index contributed by atoms with van der Waals surface area (Å²) in [5, 5.41) is 28.1. The Morgan fingerprint density at radius 1 is 0.808 bits per heavy atom. The third kappa shape index (κ3) is 9.54. The molecule has 0 atom stereocenters. The molecule has 1 aromatic rings. The highest BCUT2D eigenvalue weighted by Crippen LogP contribution is 2.35. The normalized spacial score (nSPS) is 10.8. The lowest BCUT2D eigenvalue weighted by Crippen LogP contribution is -2.09. The van der Waals surface area contributed by atoms with Gasteiger partial charge in [0.15, 0.2) is 17.2 Å². The Morgan fingerprint density at radius 2 is 1.27 bits per heavy atom. The van der Waals surface area contributed by atoms with Crippen LogP contribution in [0.1, 0.15) is 83.1 Å². The van der Waals surface area contributed by atoms with Crippen molar-refractivity contribution in [2.45, 2.75) is 84.0 Å². The van der Waals surface area contributed by atoms with Crippen LogP contribution in [0.3, 0.4) is 0 Å². The molecule has 0 aliphatic carbocycles. The number of carbonyl (C=O) groups excluding carboxylic acids is 1. The van der Waals surface area contributed by atoms with Crippen LogP contribution in [-0.4, -0.2) is 27.9 Å². The molecule has 1 aromatic carbocycles. The van der Waals surface area contributed by atoms with Crippen molar-refractivity contribution < 1.29 is 24.9 Å². The largest absolute Gasteiger partial charge is 0.504 e. The van der Waals surface area contributed by atoms with Gasteiger partial charge in [-0.05, 0) is 24.1 Å². The molecule has 26 heavy (non-hydrogen) atoms. The molecule has 0 aromatic heterocycles. The van der Waals surface area contributed by atoms with Crippen LogP contribution in [0.4, 0.5) is 0 Å². The lowest BCUT2D eigenvalue weighted by molar-refractivity contribution is -0.142. The first-order valence-corrected chi connectivity index (χ1v) is 9.94. The van der Waals surface area contributed by atoms with Crippen molar-refractivity contribution >= 4 is 5.97 Å². The van der Waals surface area contributed by atoms with Crippen molar-refractivity contribution in [2.75, 3.05) is 6.61 Å². The van der Waals surface area contributed by atoms with E-state index in [-0.39, 0.29) is 6.42 Å². The van der Waals surface area contributed by atoms with E-state index in [1.807, 2.05) is 0 Å². The van der Waals surface area contributed by atoms with E-state index in [4.69, 9.17) is 4.74 Å². The number of ether oxygens (including phenoxy) is 1. The molecule has 0 amide bonds. The van der Waals surface area contributed by atoms with Gasteiger partial charge in [0, 0.05) is 0 Å². The van der Waals surface area contributed by atoms with Gasteiger partial charge in [0.25, 0.3) is 0 Å². The molecule has 148 valence electrons. The minimum atomic E-state index is -0.580. The Hall–Kier alpha value is -1.91. The second-order valence-corrected chi connectivity index (χ2v) is 6.92. The van der Waals surface area contributed by atoms with Gasteiger partial charge < -0.3 is 20.1 Å². The molecule has 0 bridgehead atoms. The van der Waals surface area contributed by atoms with Gasteiger partial charge in [0.1, 0.15) is 0 Å². The summed E-state index contributed by atoms with van der Waals surface area (Å²) in [5.74, 6) is -1.87. The minimum Gasteiger partial charge on any atom is -0.504 e. The fraction of sp³-hybridized carbons (Fsp3) is 0.667. The molecule has 1 rings (SSSR count). The fourth-order valence-electron chi connectivity index (χ4n) is 2.93. The molecule has 0 heterocycles. The van der Waals surface area contributed by atoms with Gasteiger partial charge in [-0.2, -0.15) is 0 Å². The first-order chi connectivity index (χ1) is 12.5. The predicted molar refractivity (Wildman–Crippen MR) is 103 cm³/mol. The number of esters is 1. The summed E-state index contributed by atoms with van der Waals surface area (Å²) in [6.07, 6.45) is 13.6. The van der Waals surface area contributed by atoms with Crippen LogP contribution in [0.5, 0.6) is 17.2 Å². The van der Waals surface area contributed by atoms with Crippen molar-refractivity contribution in [3.8, 4) is 17.2 Å². The van der Waals surface area contributed by atoms with Crippen LogP contribution in [0.2, 0.25) is 0 Å². The van der Waals surface area contributed by atoms with Crippen molar-refractivity contribution in [3.63, 3.8) is 0 Å². The molecule has 0 aliphatic heterocycles. The number of phenols is 3. The predicted octanol–water partition coefficient (Wildman–Crippen LogP) is 5.20. The highest BCUT2D eigenvalue weighted by molar-refractivity contribution is 5.73.